The van der Waals surface area contributed by atoms with Gasteiger partial charge in [-0.3, -0.25) is 9.36 Å². The van der Waals surface area contributed by atoms with Crippen molar-refractivity contribution in [3.8, 4) is 5.75 Å². The minimum Gasteiger partial charge on any atom is -0.485 e. The quantitative estimate of drug-likeness (QED) is 0.237. The van der Waals surface area contributed by atoms with Crippen molar-refractivity contribution >= 4 is 40.0 Å². The average Bonchev–Trinajstić information content (AvgIpc) is 3.42. The summed E-state index contributed by atoms with van der Waals surface area (Å²) in [6.45, 7) is 6.55. The summed E-state index contributed by atoms with van der Waals surface area (Å²) in [7, 11) is 1.36. The lowest BCUT2D eigenvalue weighted by molar-refractivity contribution is -0.113. The number of amides is 1. The highest BCUT2D eigenvalue weighted by molar-refractivity contribution is 7.99. The van der Waals surface area contributed by atoms with E-state index in [2.05, 4.69) is 22.1 Å². The maximum atomic E-state index is 12.8. The van der Waals surface area contributed by atoms with Gasteiger partial charge < -0.3 is 14.8 Å². The number of para-hydroxylation sites is 1. The molecule has 10 heteroatoms. The van der Waals surface area contributed by atoms with Gasteiger partial charge in [-0.1, -0.05) is 36.0 Å². The molecule has 184 valence electrons. The number of anilines is 1. The maximum Gasteiger partial charge on any atom is 0.341 e. The third-order valence-corrected chi connectivity index (χ3v) is 7.88. The van der Waals surface area contributed by atoms with Crippen molar-refractivity contribution in [3.05, 3.63) is 64.3 Å². The van der Waals surface area contributed by atoms with Crippen molar-refractivity contribution in [1.29, 1.82) is 0 Å². The van der Waals surface area contributed by atoms with E-state index in [-0.39, 0.29) is 18.3 Å². The fraction of sp³-hybridized carbons (Fsp3) is 0.360. The lowest BCUT2D eigenvalue weighted by Crippen LogP contribution is -2.17. The van der Waals surface area contributed by atoms with Gasteiger partial charge in [0.25, 0.3) is 0 Å². The van der Waals surface area contributed by atoms with Crippen LogP contribution in [0.4, 0.5) is 5.00 Å². The van der Waals surface area contributed by atoms with Crippen LogP contribution in [0.25, 0.3) is 0 Å². The Bertz CT molecular complexity index is 1230. The van der Waals surface area contributed by atoms with Crippen LogP contribution in [0.15, 0.2) is 42.1 Å². The molecule has 0 aliphatic heterocycles. The summed E-state index contributed by atoms with van der Waals surface area (Å²) in [6, 6.07) is 7.78. The number of carbonyl (C=O) groups is 2. The van der Waals surface area contributed by atoms with E-state index in [1.807, 2.05) is 35.8 Å². The van der Waals surface area contributed by atoms with E-state index in [0.29, 0.717) is 28.1 Å². The van der Waals surface area contributed by atoms with Crippen LogP contribution >= 0.6 is 23.1 Å². The summed E-state index contributed by atoms with van der Waals surface area (Å²) in [4.78, 5) is 26.4. The smallest absolute Gasteiger partial charge is 0.341 e. The van der Waals surface area contributed by atoms with E-state index < -0.39 is 5.97 Å². The molecular formula is C25H28N4O4S2. The van der Waals surface area contributed by atoms with Crippen LogP contribution in [0, 0.1) is 6.92 Å². The van der Waals surface area contributed by atoms with Crippen LogP contribution in [0.2, 0.25) is 0 Å². The molecule has 0 fully saturated rings. The summed E-state index contributed by atoms with van der Waals surface area (Å²) in [6.07, 6.45) is 5.63. The predicted octanol–water partition coefficient (Wildman–Crippen LogP) is 4.81. The Kier molecular flexibility index (Phi) is 8.25. The molecule has 2 heterocycles. The molecule has 0 atom stereocenters. The molecule has 0 spiro atoms. The lowest BCUT2D eigenvalue weighted by atomic mass is 9.95. The molecule has 3 aromatic rings. The number of thiophene rings is 1. The summed E-state index contributed by atoms with van der Waals surface area (Å²) in [5, 5.41) is 12.6. The van der Waals surface area contributed by atoms with Crippen LogP contribution in [0.5, 0.6) is 5.75 Å². The monoisotopic (exact) mass is 512 g/mol. The molecule has 35 heavy (non-hydrogen) atoms. The number of aromatic nitrogens is 3. The second-order valence-electron chi connectivity index (χ2n) is 8.10. The number of esters is 1. The van der Waals surface area contributed by atoms with Crippen LogP contribution in [-0.4, -0.2) is 39.5 Å². The van der Waals surface area contributed by atoms with E-state index in [9.17, 15) is 9.59 Å². The van der Waals surface area contributed by atoms with Crippen molar-refractivity contribution < 1.29 is 19.1 Å². The Hall–Kier alpha value is -3.11. The number of thioether (sulfide) groups is 1. The molecule has 0 unspecified atom stereocenters. The highest BCUT2D eigenvalue weighted by Crippen LogP contribution is 2.38. The summed E-state index contributed by atoms with van der Waals surface area (Å²) in [5.74, 6) is 0.933. The first kappa shape index (κ1) is 25.0. The third-order valence-electron chi connectivity index (χ3n) is 5.70. The van der Waals surface area contributed by atoms with E-state index in [0.717, 1.165) is 47.4 Å². The van der Waals surface area contributed by atoms with Gasteiger partial charge in [-0.25, -0.2) is 4.79 Å². The second-order valence-corrected chi connectivity index (χ2v) is 10.1. The van der Waals surface area contributed by atoms with Gasteiger partial charge in [-0.2, -0.15) is 0 Å². The minimum atomic E-state index is -0.406. The Morgan fingerprint density at radius 3 is 2.83 bits per heavy atom. The molecule has 0 saturated heterocycles. The van der Waals surface area contributed by atoms with Crippen LogP contribution in [0.3, 0.4) is 0 Å². The van der Waals surface area contributed by atoms with E-state index in [4.69, 9.17) is 9.47 Å². The molecule has 8 nitrogen and oxygen atoms in total. The number of allylic oxidation sites excluding steroid dienone is 1. The van der Waals surface area contributed by atoms with Crippen LogP contribution in [-0.2, 0) is 35.5 Å². The number of nitrogens with zero attached hydrogens (tertiary/aromatic N) is 3. The third kappa shape index (κ3) is 5.76. The maximum absolute atomic E-state index is 12.8. The average molecular weight is 513 g/mol. The highest BCUT2D eigenvalue weighted by Gasteiger charge is 2.27. The van der Waals surface area contributed by atoms with E-state index in [1.165, 1.54) is 30.2 Å². The standard InChI is InChI=1S/C25H28N4O4S2/c1-4-13-29-20(14-33-18-11-7-5-9-16(18)2)27-28-25(29)34-15-21(30)26-23-22(24(31)32-3)17-10-6-8-12-19(17)35-23/h4-5,7,9,11H,1,6,8,10,12-15H2,2-3H3,(H,26,30). The van der Waals surface area contributed by atoms with Gasteiger partial charge in [0.05, 0.1) is 18.4 Å². The molecule has 1 aromatic carbocycles. The Labute approximate surface area is 212 Å². The van der Waals surface area contributed by atoms with Crippen LogP contribution < -0.4 is 10.1 Å². The van der Waals surface area contributed by atoms with Gasteiger partial charge >= 0.3 is 5.97 Å². The summed E-state index contributed by atoms with van der Waals surface area (Å²) >= 11 is 2.75. The van der Waals surface area contributed by atoms with Gasteiger partial charge in [0.15, 0.2) is 11.0 Å². The van der Waals surface area contributed by atoms with E-state index >= 15 is 0 Å². The van der Waals surface area contributed by atoms with Gasteiger partial charge in [-0.05, 0) is 49.8 Å². The highest BCUT2D eigenvalue weighted by atomic mass is 32.2. The van der Waals surface area contributed by atoms with Gasteiger partial charge in [-0.15, -0.1) is 28.1 Å². The zero-order chi connectivity index (χ0) is 24.8. The second kappa shape index (κ2) is 11.5. The van der Waals surface area contributed by atoms with Crippen molar-refractivity contribution in [1.82, 2.24) is 14.8 Å². The first-order valence-corrected chi connectivity index (χ1v) is 13.2. The molecule has 1 N–H and O–H groups in total. The summed E-state index contributed by atoms with van der Waals surface area (Å²) < 4.78 is 12.8. The van der Waals surface area contributed by atoms with Crippen LogP contribution in [0.1, 0.15) is 45.0 Å². The SMILES string of the molecule is C=CCn1c(COc2ccccc2C)nnc1SCC(=O)Nc1sc2c(c1C(=O)OC)CCCC2. The largest absolute Gasteiger partial charge is 0.485 e. The number of hydrogen-bond acceptors (Lipinski definition) is 8. The molecule has 4 rings (SSSR count). The molecule has 0 radical (unpaired) electrons. The topological polar surface area (TPSA) is 95.3 Å². The Morgan fingerprint density at radius 1 is 1.26 bits per heavy atom. The van der Waals surface area contributed by atoms with Crippen molar-refractivity contribution in [2.45, 2.75) is 50.9 Å². The molecule has 1 aliphatic carbocycles. The number of ether oxygens (including phenoxy) is 2. The van der Waals surface area contributed by atoms with Gasteiger partial charge in [0.2, 0.25) is 5.91 Å². The fourth-order valence-corrected chi connectivity index (χ4v) is 6.03. The summed E-state index contributed by atoms with van der Waals surface area (Å²) in [5.41, 5.74) is 2.55. The Balaban J connectivity index is 1.43. The number of hydrogen-bond donors (Lipinski definition) is 1. The first-order valence-electron chi connectivity index (χ1n) is 11.4. The zero-order valence-electron chi connectivity index (χ0n) is 19.8. The number of carbonyl (C=O) groups excluding carboxylic acids is 2. The molecule has 1 amide bonds. The fourth-order valence-electron chi connectivity index (χ4n) is 3.97. The molecule has 0 saturated carbocycles. The minimum absolute atomic E-state index is 0.122. The predicted molar refractivity (Wildman–Crippen MR) is 137 cm³/mol. The van der Waals surface area contributed by atoms with E-state index in [1.54, 1.807) is 6.08 Å². The number of nitrogens with one attached hydrogen (secondary N) is 1. The van der Waals surface area contributed by atoms with Crippen molar-refractivity contribution in [2.24, 2.45) is 0 Å². The molecule has 0 bridgehead atoms. The van der Waals surface area contributed by atoms with Crippen molar-refractivity contribution in [3.63, 3.8) is 0 Å². The number of aryl methyl sites for hydroxylation is 2. The number of fused-ring (bicyclic) bond motifs is 1. The molecular weight excluding hydrogens is 484 g/mol. The molecule has 2 aromatic heterocycles. The Morgan fingerprint density at radius 2 is 2.06 bits per heavy atom. The zero-order valence-corrected chi connectivity index (χ0v) is 21.5. The van der Waals surface area contributed by atoms with Crippen molar-refractivity contribution in [2.75, 3.05) is 18.2 Å². The number of rotatable bonds is 10. The van der Waals surface area contributed by atoms with Gasteiger partial charge in [0, 0.05) is 11.4 Å². The lowest BCUT2D eigenvalue weighted by Gasteiger charge is -2.12. The number of methoxy groups -OCH3 is 1. The molecule has 1 aliphatic rings. The van der Waals surface area contributed by atoms with Gasteiger partial charge in [0.1, 0.15) is 17.4 Å². The first-order chi connectivity index (χ1) is 17.0. The normalized spacial score (nSPS) is 12.6. The number of benzene rings is 1.